The molecule has 1 aliphatic rings. The predicted octanol–water partition coefficient (Wildman–Crippen LogP) is 4.02. The maximum Gasteiger partial charge on any atom is 0.330 e. The van der Waals surface area contributed by atoms with Gasteiger partial charge < -0.3 is 15.3 Å². The van der Waals surface area contributed by atoms with Crippen LogP contribution in [0.25, 0.3) is 0 Å². The third-order valence-corrected chi connectivity index (χ3v) is 5.75. The molecule has 0 aromatic carbocycles. The maximum absolute atomic E-state index is 11.1. The van der Waals surface area contributed by atoms with Crippen LogP contribution in [-0.4, -0.2) is 32.9 Å². The molecule has 0 amide bonds. The van der Waals surface area contributed by atoms with Gasteiger partial charge in [0.1, 0.15) is 0 Å². The van der Waals surface area contributed by atoms with E-state index >= 15 is 0 Å². The number of carbonyl (C=O) groups is 2. The average molecular weight is 352 g/mol. The SMILES string of the molecule is CC(=CC(=O)O)CCC1C(C(C)(C)O)CCC1(C)CC=C(C)C(=O)O. The smallest absolute Gasteiger partial charge is 0.330 e. The van der Waals surface area contributed by atoms with Gasteiger partial charge in [0.2, 0.25) is 0 Å². The first-order valence-corrected chi connectivity index (χ1v) is 8.89. The van der Waals surface area contributed by atoms with Crippen molar-refractivity contribution in [2.45, 2.75) is 72.3 Å². The molecule has 0 bridgehead atoms. The van der Waals surface area contributed by atoms with Gasteiger partial charge in [0, 0.05) is 11.6 Å². The summed E-state index contributed by atoms with van der Waals surface area (Å²) in [6.45, 7) is 9.23. The molecule has 0 saturated heterocycles. The van der Waals surface area contributed by atoms with E-state index in [9.17, 15) is 14.7 Å². The summed E-state index contributed by atoms with van der Waals surface area (Å²) in [5.41, 5.74) is 0.255. The van der Waals surface area contributed by atoms with Gasteiger partial charge in [0.15, 0.2) is 0 Å². The molecule has 0 aliphatic heterocycles. The zero-order valence-corrected chi connectivity index (χ0v) is 16.0. The second-order valence-electron chi connectivity index (χ2n) is 8.32. The Bertz CT molecular complexity index is 567. The van der Waals surface area contributed by atoms with E-state index in [2.05, 4.69) is 6.92 Å². The van der Waals surface area contributed by atoms with Crippen LogP contribution in [0, 0.1) is 17.3 Å². The van der Waals surface area contributed by atoms with E-state index in [0.29, 0.717) is 18.4 Å². The Kier molecular flexibility index (Phi) is 7.00. The Morgan fingerprint density at radius 3 is 2.32 bits per heavy atom. The van der Waals surface area contributed by atoms with Gasteiger partial charge in [-0.2, -0.15) is 0 Å². The minimum absolute atomic E-state index is 0.0924. The number of allylic oxidation sites excluding steroid dienone is 2. The first-order chi connectivity index (χ1) is 11.4. The highest BCUT2D eigenvalue weighted by atomic mass is 16.4. The molecular weight excluding hydrogens is 320 g/mol. The third-order valence-electron chi connectivity index (χ3n) is 5.75. The summed E-state index contributed by atoms with van der Waals surface area (Å²) < 4.78 is 0. The van der Waals surface area contributed by atoms with Crippen LogP contribution in [0.1, 0.15) is 66.7 Å². The fourth-order valence-corrected chi connectivity index (χ4v) is 4.15. The Labute approximate surface area is 150 Å². The van der Waals surface area contributed by atoms with E-state index in [1.54, 1.807) is 13.0 Å². The highest BCUT2D eigenvalue weighted by Gasteiger charge is 2.48. The van der Waals surface area contributed by atoms with Crippen molar-refractivity contribution in [1.29, 1.82) is 0 Å². The van der Waals surface area contributed by atoms with E-state index in [4.69, 9.17) is 10.2 Å². The molecule has 0 radical (unpaired) electrons. The molecule has 3 atom stereocenters. The monoisotopic (exact) mass is 352 g/mol. The van der Waals surface area contributed by atoms with E-state index in [1.807, 2.05) is 20.8 Å². The van der Waals surface area contributed by atoms with Crippen LogP contribution in [0.5, 0.6) is 0 Å². The average Bonchev–Trinajstić information content (AvgIpc) is 2.79. The van der Waals surface area contributed by atoms with Gasteiger partial charge in [-0.15, -0.1) is 0 Å². The van der Waals surface area contributed by atoms with Gasteiger partial charge in [0.05, 0.1) is 5.60 Å². The number of hydrogen-bond acceptors (Lipinski definition) is 3. The fourth-order valence-electron chi connectivity index (χ4n) is 4.15. The lowest BCUT2D eigenvalue weighted by Crippen LogP contribution is -2.37. The van der Waals surface area contributed by atoms with Gasteiger partial charge in [-0.3, -0.25) is 0 Å². The number of carboxylic acid groups (broad SMARTS) is 2. The largest absolute Gasteiger partial charge is 0.478 e. The number of carboxylic acids is 2. The Morgan fingerprint density at radius 2 is 1.84 bits per heavy atom. The lowest BCUT2D eigenvalue weighted by molar-refractivity contribution is -0.133. The first-order valence-electron chi connectivity index (χ1n) is 8.89. The summed E-state index contributed by atoms with van der Waals surface area (Å²) >= 11 is 0. The number of hydrogen-bond donors (Lipinski definition) is 3. The standard InChI is InChI=1S/C20H32O5/c1-13(12-17(21)22)6-7-16-15(19(3,4)25)9-11-20(16,5)10-8-14(2)18(23)24/h8,12,15-16,25H,6-7,9-11H2,1-5H3,(H,21,22)(H,23,24). The van der Waals surface area contributed by atoms with Crippen LogP contribution in [0.4, 0.5) is 0 Å². The van der Waals surface area contributed by atoms with Gasteiger partial charge >= 0.3 is 11.9 Å². The highest BCUT2D eigenvalue weighted by Crippen LogP contribution is 2.54. The summed E-state index contributed by atoms with van der Waals surface area (Å²) in [5, 5.41) is 28.5. The van der Waals surface area contributed by atoms with Crippen LogP contribution in [0.15, 0.2) is 23.3 Å². The lowest BCUT2D eigenvalue weighted by Gasteiger charge is -2.38. The minimum Gasteiger partial charge on any atom is -0.478 e. The molecule has 5 nitrogen and oxygen atoms in total. The van der Waals surface area contributed by atoms with Crippen LogP contribution < -0.4 is 0 Å². The van der Waals surface area contributed by atoms with E-state index in [1.165, 1.54) is 6.08 Å². The van der Waals surface area contributed by atoms with Crippen molar-refractivity contribution >= 4 is 11.9 Å². The molecule has 1 saturated carbocycles. The molecule has 5 heteroatoms. The first kappa shape index (κ1) is 21.4. The Hall–Kier alpha value is -1.62. The molecule has 25 heavy (non-hydrogen) atoms. The molecule has 142 valence electrons. The maximum atomic E-state index is 11.1. The lowest BCUT2D eigenvalue weighted by atomic mass is 9.68. The minimum atomic E-state index is -0.939. The third kappa shape index (κ3) is 5.99. The fraction of sp³-hybridized carbons (Fsp3) is 0.700. The Balaban J connectivity index is 3.00. The summed E-state index contributed by atoms with van der Waals surface area (Å²) in [7, 11) is 0. The summed E-state index contributed by atoms with van der Waals surface area (Å²) in [4.78, 5) is 21.9. The van der Waals surface area contributed by atoms with Crippen LogP contribution in [0.3, 0.4) is 0 Å². The summed E-state index contributed by atoms with van der Waals surface area (Å²) in [6.07, 6.45) is 6.96. The summed E-state index contributed by atoms with van der Waals surface area (Å²) in [6, 6.07) is 0. The molecule has 3 N–H and O–H groups in total. The molecule has 1 aliphatic carbocycles. The highest BCUT2D eigenvalue weighted by molar-refractivity contribution is 5.85. The van der Waals surface area contributed by atoms with Crippen LogP contribution in [-0.2, 0) is 9.59 Å². The predicted molar refractivity (Wildman–Crippen MR) is 97.3 cm³/mol. The van der Waals surface area contributed by atoms with Gasteiger partial charge in [0.25, 0.3) is 0 Å². The molecule has 0 heterocycles. The molecule has 0 aromatic rings. The normalized spacial score (nSPS) is 28.2. The van der Waals surface area contributed by atoms with Crippen molar-refractivity contribution in [3.05, 3.63) is 23.3 Å². The number of aliphatic hydroxyl groups is 1. The van der Waals surface area contributed by atoms with Gasteiger partial charge in [-0.25, -0.2) is 9.59 Å². The zero-order chi connectivity index (χ0) is 19.4. The van der Waals surface area contributed by atoms with Gasteiger partial charge in [-0.05, 0) is 77.0 Å². The molecule has 1 fully saturated rings. The molecule has 0 aromatic heterocycles. The van der Waals surface area contributed by atoms with E-state index in [0.717, 1.165) is 24.8 Å². The topological polar surface area (TPSA) is 94.8 Å². The van der Waals surface area contributed by atoms with Gasteiger partial charge in [-0.1, -0.05) is 18.6 Å². The van der Waals surface area contributed by atoms with Crippen molar-refractivity contribution in [3.63, 3.8) is 0 Å². The van der Waals surface area contributed by atoms with Crippen molar-refractivity contribution in [2.75, 3.05) is 0 Å². The number of rotatable bonds is 8. The van der Waals surface area contributed by atoms with E-state index in [-0.39, 0.29) is 17.3 Å². The van der Waals surface area contributed by atoms with Crippen molar-refractivity contribution in [1.82, 2.24) is 0 Å². The Morgan fingerprint density at radius 1 is 1.24 bits per heavy atom. The van der Waals surface area contributed by atoms with Crippen molar-refractivity contribution in [3.8, 4) is 0 Å². The quantitative estimate of drug-likeness (QED) is 0.574. The summed E-state index contributed by atoms with van der Waals surface area (Å²) in [5.74, 6) is -1.51. The van der Waals surface area contributed by atoms with Crippen LogP contribution >= 0.6 is 0 Å². The van der Waals surface area contributed by atoms with Crippen LogP contribution in [0.2, 0.25) is 0 Å². The number of aliphatic carboxylic acids is 2. The van der Waals surface area contributed by atoms with Crippen molar-refractivity contribution < 1.29 is 24.9 Å². The molecule has 1 rings (SSSR count). The second kappa shape index (κ2) is 8.17. The molecule has 0 spiro atoms. The van der Waals surface area contributed by atoms with Crippen molar-refractivity contribution in [2.24, 2.45) is 17.3 Å². The second-order valence-corrected chi connectivity index (χ2v) is 8.32. The molecule has 3 unspecified atom stereocenters. The zero-order valence-electron chi connectivity index (χ0n) is 16.0. The molecular formula is C20H32O5. The van der Waals surface area contributed by atoms with E-state index < -0.39 is 17.5 Å².